The molecular formula is C29H41N3O4. The Morgan fingerprint density at radius 2 is 1.78 bits per heavy atom. The maximum atomic E-state index is 12.7. The van der Waals surface area contributed by atoms with Crippen molar-refractivity contribution in [1.82, 2.24) is 15.1 Å². The van der Waals surface area contributed by atoms with Crippen molar-refractivity contribution in [2.24, 2.45) is 0 Å². The minimum Gasteiger partial charge on any atom is -0.492 e. The lowest BCUT2D eigenvalue weighted by Crippen LogP contribution is -2.44. The van der Waals surface area contributed by atoms with Gasteiger partial charge in [0.1, 0.15) is 12.4 Å². The summed E-state index contributed by atoms with van der Waals surface area (Å²) in [5, 5.41) is 3.03. The van der Waals surface area contributed by atoms with E-state index < -0.39 is 0 Å². The van der Waals surface area contributed by atoms with Crippen LogP contribution in [0.25, 0.3) is 0 Å². The molecule has 0 aromatic heterocycles. The Hall–Kier alpha value is -2.45. The highest BCUT2D eigenvalue weighted by Crippen LogP contribution is 2.17. The highest BCUT2D eigenvalue weighted by molar-refractivity contribution is 5.94. The minimum atomic E-state index is -0.0698. The molecule has 1 N–H and O–H groups in total. The maximum absolute atomic E-state index is 12.7. The van der Waals surface area contributed by atoms with Crippen molar-refractivity contribution in [3.63, 3.8) is 0 Å². The van der Waals surface area contributed by atoms with Crippen LogP contribution in [-0.2, 0) is 22.6 Å². The van der Waals surface area contributed by atoms with Gasteiger partial charge in [0.25, 0.3) is 5.91 Å². The van der Waals surface area contributed by atoms with Crippen molar-refractivity contribution in [2.45, 2.75) is 58.0 Å². The first-order chi connectivity index (χ1) is 17.5. The summed E-state index contributed by atoms with van der Waals surface area (Å²) in [6.45, 7) is 10.6. The molecule has 4 rings (SSSR count). The molecule has 2 atom stereocenters. The number of nitrogens with one attached hydrogen (secondary N) is 1. The number of hydrogen-bond donors (Lipinski definition) is 1. The maximum Gasteiger partial charge on any atom is 0.251 e. The Bertz CT molecular complexity index is 951. The summed E-state index contributed by atoms with van der Waals surface area (Å²) in [6, 6.07) is 16.4. The fourth-order valence-electron chi connectivity index (χ4n) is 5.08. The second-order valence-electron chi connectivity index (χ2n) is 10.2. The molecule has 0 radical (unpaired) electrons. The Labute approximate surface area is 215 Å². The standard InChI is InChI=1S/C29H41N3O4/c1-22-19-32(20-23(2)36-22)21-24-7-9-26(10-8-24)29(33)30-18-25-5-4-6-28(17-25)35-16-13-31(3)27-11-14-34-15-12-27/h4-10,17,22-23,27H,11-16,18-21H2,1-3H3,(H,30,33). The molecule has 36 heavy (non-hydrogen) atoms. The minimum absolute atomic E-state index is 0.0698. The first-order valence-electron chi connectivity index (χ1n) is 13.2. The summed E-state index contributed by atoms with van der Waals surface area (Å²) in [4.78, 5) is 17.5. The topological polar surface area (TPSA) is 63.3 Å². The molecule has 2 aliphatic heterocycles. The molecule has 7 nitrogen and oxygen atoms in total. The van der Waals surface area contributed by atoms with Gasteiger partial charge < -0.3 is 19.5 Å². The molecule has 0 spiro atoms. The van der Waals surface area contributed by atoms with Crippen molar-refractivity contribution >= 4 is 5.91 Å². The highest BCUT2D eigenvalue weighted by Gasteiger charge is 2.22. The summed E-state index contributed by atoms with van der Waals surface area (Å²) < 4.78 is 17.3. The molecule has 2 heterocycles. The van der Waals surface area contributed by atoms with Crippen molar-refractivity contribution in [3.8, 4) is 5.75 Å². The second kappa shape index (κ2) is 13.2. The smallest absolute Gasteiger partial charge is 0.251 e. The molecule has 0 bridgehead atoms. The first kappa shape index (κ1) is 26.6. The third-order valence-corrected chi connectivity index (χ3v) is 7.00. The highest BCUT2D eigenvalue weighted by atomic mass is 16.5. The van der Waals surface area contributed by atoms with E-state index in [0.717, 1.165) is 63.5 Å². The number of amides is 1. The summed E-state index contributed by atoms with van der Waals surface area (Å²) in [7, 11) is 2.15. The fourth-order valence-corrected chi connectivity index (χ4v) is 5.08. The van der Waals surface area contributed by atoms with Gasteiger partial charge in [-0.1, -0.05) is 24.3 Å². The van der Waals surface area contributed by atoms with E-state index >= 15 is 0 Å². The van der Waals surface area contributed by atoms with Gasteiger partial charge in [0, 0.05) is 57.5 Å². The van der Waals surface area contributed by atoms with Gasteiger partial charge in [-0.15, -0.1) is 0 Å². The van der Waals surface area contributed by atoms with Gasteiger partial charge in [-0.25, -0.2) is 0 Å². The summed E-state index contributed by atoms with van der Waals surface area (Å²) in [6.07, 6.45) is 2.67. The average molecular weight is 496 g/mol. The fraction of sp³-hybridized carbons (Fsp3) is 0.552. The van der Waals surface area contributed by atoms with Crippen molar-refractivity contribution < 1.29 is 19.0 Å². The predicted molar refractivity (Wildman–Crippen MR) is 141 cm³/mol. The van der Waals surface area contributed by atoms with Crippen LogP contribution in [0.15, 0.2) is 48.5 Å². The van der Waals surface area contributed by atoms with Crippen LogP contribution < -0.4 is 10.1 Å². The molecule has 2 saturated heterocycles. The Kier molecular flexibility index (Phi) is 9.75. The van der Waals surface area contributed by atoms with Gasteiger partial charge in [0.05, 0.1) is 12.2 Å². The van der Waals surface area contributed by atoms with Gasteiger partial charge in [0.15, 0.2) is 0 Å². The molecule has 2 aromatic carbocycles. The van der Waals surface area contributed by atoms with Crippen molar-refractivity contribution in [1.29, 1.82) is 0 Å². The Balaban J connectivity index is 1.21. The van der Waals surface area contributed by atoms with Gasteiger partial charge in [0.2, 0.25) is 0 Å². The van der Waals surface area contributed by atoms with Crippen molar-refractivity contribution in [2.75, 3.05) is 46.5 Å². The number of hydrogen-bond acceptors (Lipinski definition) is 6. The second-order valence-corrected chi connectivity index (χ2v) is 10.2. The number of rotatable bonds is 10. The third-order valence-electron chi connectivity index (χ3n) is 7.00. The normalized spacial score (nSPS) is 21.4. The van der Waals surface area contributed by atoms with E-state index in [1.54, 1.807) is 0 Å². The largest absolute Gasteiger partial charge is 0.492 e. The van der Waals surface area contributed by atoms with E-state index in [1.807, 2.05) is 48.5 Å². The number of benzene rings is 2. The van der Waals surface area contributed by atoms with Crippen LogP contribution in [0, 0.1) is 0 Å². The van der Waals surface area contributed by atoms with Crippen LogP contribution in [0.1, 0.15) is 48.2 Å². The molecule has 2 fully saturated rings. The van der Waals surface area contributed by atoms with Gasteiger partial charge in [-0.05, 0) is 69.1 Å². The predicted octanol–water partition coefficient (Wildman–Crippen LogP) is 3.72. The molecule has 0 saturated carbocycles. The number of likely N-dealkylation sites (N-methyl/N-ethyl adjacent to an activating group) is 1. The monoisotopic (exact) mass is 495 g/mol. The first-order valence-corrected chi connectivity index (χ1v) is 13.2. The van der Waals surface area contributed by atoms with Gasteiger partial charge >= 0.3 is 0 Å². The van der Waals surface area contributed by atoms with Crippen molar-refractivity contribution in [3.05, 3.63) is 65.2 Å². The Morgan fingerprint density at radius 3 is 2.50 bits per heavy atom. The van der Waals surface area contributed by atoms with E-state index in [2.05, 4.69) is 36.0 Å². The number of ether oxygens (including phenoxy) is 3. The van der Waals surface area contributed by atoms with E-state index in [9.17, 15) is 4.79 Å². The zero-order valence-electron chi connectivity index (χ0n) is 21.9. The lowest BCUT2D eigenvalue weighted by molar-refractivity contribution is -0.0704. The van der Waals surface area contributed by atoms with E-state index in [4.69, 9.17) is 14.2 Å². The molecule has 0 aliphatic carbocycles. The average Bonchev–Trinajstić information content (AvgIpc) is 2.88. The van der Waals surface area contributed by atoms with Crippen LogP contribution in [-0.4, -0.2) is 80.5 Å². The van der Waals surface area contributed by atoms with Crippen LogP contribution in [0.3, 0.4) is 0 Å². The molecule has 2 aromatic rings. The third kappa shape index (κ3) is 8.03. The molecule has 2 unspecified atom stereocenters. The zero-order valence-corrected chi connectivity index (χ0v) is 21.9. The lowest BCUT2D eigenvalue weighted by atomic mass is 10.1. The summed E-state index contributed by atoms with van der Waals surface area (Å²) in [5.41, 5.74) is 2.90. The van der Waals surface area contributed by atoms with Gasteiger partial charge in [-0.3, -0.25) is 14.6 Å². The number of nitrogens with zero attached hydrogens (tertiary/aromatic N) is 2. The van der Waals surface area contributed by atoms with Gasteiger partial charge in [-0.2, -0.15) is 0 Å². The molecular weight excluding hydrogens is 454 g/mol. The van der Waals surface area contributed by atoms with Crippen LogP contribution >= 0.6 is 0 Å². The summed E-state index contributed by atoms with van der Waals surface area (Å²) in [5.74, 6) is 0.762. The molecule has 1 amide bonds. The van der Waals surface area contributed by atoms with Crippen LogP contribution in [0.5, 0.6) is 5.75 Å². The van der Waals surface area contributed by atoms with Crippen LogP contribution in [0.2, 0.25) is 0 Å². The SMILES string of the molecule is CC1CN(Cc2ccc(C(=O)NCc3cccc(OCCN(C)C4CCOCC4)c3)cc2)CC(C)O1. The van der Waals surface area contributed by atoms with E-state index in [0.29, 0.717) is 24.8 Å². The molecule has 7 heteroatoms. The number of carbonyl (C=O) groups is 1. The molecule has 2 aliphatic rings. The Morgan fingerprint density at radius 1 is 1.06 bits per heavy atom. The van der Waals surface area contributed by atoms with E-state index in [1.165, 1.54) is 5.56 Å². The summed E-state index contributed by atoms with van der Waals surface area (Å²) >= 11 is 0. The van der Waals surface area contributed by atoms with Crippen LogP contribution in [0.4, 0.5) is 0 Å². The quantitative estimate of drug-likeness (QED) is 0.542. The molecule has 196 valence electrons. The number of morpholine rings is 1. The zero-order chi connectivity index (χ0) is 25.3. The van der Waals surface area contributed by atoms with E-state index in [-0.39, 0.29) is 18.1 Å². The lowest BCUT2D eigenvalue weighted by Gasteiger charge is -2.35. The number of carbonyl (C=O) groups excluding carboxylic acids is 1.